The minimum Gasteiger partial charge on any atom is -0.468 e. The van der Waals surface area contributed by atoms with E-state index in [0.717, 1.165) is 12.3 Å². The summed E-state index contributed by atoms with van der Waals surface area (Å²) in [5, 5.41) is 2.98. The van der Waals surface area contributed by atoms with Crippen molar-refractivity contribution in [2.45, 2.75) is 6.54 Å². The molecule has 0 saturated carbocycles. The van der Waals surface area contributed by atoms with Gasteiger partial charge in [-0.2, -0.15) is 0 Å². The van der Waals surface area contributed by atoms with E-state index in [9.17, 15) is 0 Å². The lowest BCUT2D eigenvalue weighted by atomic mass is 10.4. The van der Waals surface area contributed by atoms with Gasteiger partial charge >= 0.3 is 0 Å². The predicted molar refractivity (Wildman–Crippen MR) is 31.5 cm³/mol. The fourth-order valence-electron chi connectivity index (χ4n) is 0.587. The Morgan fingerprint density at radius 2 is 2.62 bits per heavy atom. The molecule has 0 spiro atoms. The van der Waals surface area contributed by atoms with Crippen LogP contribution in [0.4, 0.5) is 0 Å². The van der Waals surface area contributed by atoms with Crippen LogP contribution in [0.15, 0.2) is 22.8 Å². The molecule has 1 aromatic rings. The van der Waals surface area contributed by atoms with Gasteiger partial charge in [-0.05, 0) is 19.2 Å². The summed E-state index contributed by atoms with van der Waals surface area (Å²) in [7, 11) is 1.89. The Bertz CT molecular complexity index is 134. The molecule has 8 heavy (non-hydrogen) atoms. The second kappa shape index (κ2) is 2.52. The molecule has 0 aromatic carbocycles. The average Bonchev–Trinajstić information content (AvgIpc) is 2.19. The summed E-state index contributed by atoms with van der Waals surface area (Å²) < 4.78 is 5.01. The molecule has 0 fully saturated rings. The number of rotatable bonds is 2. The van der Waals surface area contributed by atoms with Crippen LogP contribution in [0.3, 0.4) is 0 Å². The van der Waals surface area contributed by atoms with Crippen molar-refractivity contribution in [3.8, 4) is 0 Å². The molecule has 0 amide bonds. The van der Waals surface area contributed by atoms with E-state index in [0.29, 0.717) is 0 Å². The fraction of sp³-hybridized carbons (Fsp3) is 0.333. The minimum atomic E-state index is 0.812. The van der Waals surface area contributed by atoms with Crippen LogP contribution in [0.25, 0.3) is 0 Å². The van der Waals surface area contributed by atoms with Gasteiger partial charge in [0, 0.05) is 0 Å². The Morgan fingerprint density at radius 1 is 1.75 bits per heavy atom. The third-order valence-electron chi connectivity index (χ3n) is 0.931. The maximum absolute atomic E-state index is 5.01. The van der Waals surface area contributed by atoms with Gasteiger partial charge < -0.3 is 9.73 Å². The summed E-state index contributed by atoms with van der Waals surface area (Å²) >= 11 is 0. The van der Waals surface area contributed by atoms with Crippen LogP contribution >= 0.6 is 0 Å². The number of nitrogens with one attached hydrogen (secondary N) is 1. The Kier molecular flexibility index (Phi) is 1.70. The van der Waals surface area contributed by atoms with Crippen LogP contribution in [0.1, 0.15) is 5.76 Å². The third-order valence-corrected chi connectivity index (χ3v) is 0.931. The lowest BCUT2D eigenvalue weighted by Crippen LogP contribution is -2.03. The van der Waals surface area contributed by atoms with Crippen molar-refractivity contribution < 1.29 is 4.42 Å². The molecular formula is C6H9NO. The zero-order valence-corrected chi connectivity index (χ0v) is 4.85. The predicted octanol–water partition coefficient (Wildman–Crippen LogP) is 0.999. The largest absolute Gasteiger partial charge is 0.468 e. The van der Waals surface area contributed by atoms with Crippen LogP contribution in [0.5, 0.6) is 0 Å². The number of hydrogen-bond acceptors (Lipinski definition) is 2. The molecule has 0 aliphatic rings. The van der Waals surface area contributed by atoms with Gasteiger partial charge in [-0.3, -0.25) is 0 Å². The van der Waals surface area contributed by atoms with Crippen molar-refractivity contribution in [3.05, 3.63) is 24.2 Å². The summed E-state index contributed by atoms with van der Waals surface area (Å²) in [5.74, 6) is 0.979. The lowest BCUT2D eigenvalue weighted by Gasteiger charge is -1.89. The SMILES string of the molecule is CNCc1ccco1. The standard InChI is InChI=1S/C6H9NO/c1-7-5-6-3-2-4-8-6/h2-4,7H,5H2,1H3. The van der Waals surface area contributed by atoms with Gasteiger partial charge in [-0.15, -0.1) is 0 Å². The molecule has 0 aliphatic carbocycles. The van der Waals surface area contributed by atoms with Crippen LogP contribution in [0, 0.1) is 0 Å². The molecule has 0 aliphatic heterocycles. The summed E-state index contributed by atoms with van der Waals surface area (Å²) in [4.78, 5) is 0. The zero-order chi connectivity index (χ0) is 5.82. The van der Waals surface area contributed by atoms with Crippen LogP contribution in [0.2, 0.25) is 0 Å². The van der Waals surface area contributed by atoms with Gasteiger partial charge in [-0.25, -0.2) is 0 Å². The quantitative estimate of drug-likeness (QED) is 0.615. The highest BCUT2D eigenvalue weighted by Gasteiger charge is 1.87. The summed E-state index contributed by atoms with van der Waals surface area (Å²) in [6, 6.07) is 3.82. The van der Waals surface area contributed by atoms with Gasteiger partial charge in [-0.1, -0.05) is 0 Å². The number of hydrogen-bond donors (Lipinski definition) is 1. The smallest absolute Gasteiger partial charge is 0.117 e. The Balaban J connectivity index is 2.50. The normalized spacial score (nSPS) is 9.62. The fourth-order valence-corrected chi connectivity index (χ4v) is 0.587. The van der Waals surface area contributed by atoms with Gasteiger partial charge in [0.15, 0.2) is 0 Å². The highest BCUT2D eigenvalue weighted by atomic mass is 16.3. The van der Waals surface area contributed by atoms with Gasteiger partial charge in [0.05, 0.1) is 12.8 Å². The van der Waals surface area contributed by atoms with Crippen molar-refractivity contribution >= 4 is 0 Å². The molecule has 0 atom stereocenters. The first kappa shape index (κ1) is 5.38. The lowest BCUT2D eigenvalue weighted by molar-refractivity contribution is 0.495. The van der Waals surface area contributed by atoms with E-state index in [1.807, 2.05) is 19.2 Å². The van der Waals surface area contributed by atoms with Crippen molar-refractivity contribution in [1.29, 1.82) is 0 Å². The van der Waals surface area contributed by atoms with Gasteiger partial charge in [0.2, 0.25) is 0 Å². The molecule has 0 saturated heterocycles. The first-order valence-corrected chi connectivity index (χ1v) is 2.60. The molecule has 1 heterocycles. The molecule has 0 bridgehead atoms. The Labute approximate surface area is 48.5 Å². The average molecular weight is 111 g/mol. The van der Waals surface area contributed by atoms with E-state index in [-0.39, 0.29) is 0 Å². The van der Waals surface area contributed by atoms with Crippen LogP contribution in [-0.2, 0) is 6.54 Å². The maximum Gasteiger partial charge on any atom is 0.117 e. The van der Waals surface area contributed by atoms with Gasteiger partial charge in [0.1, 0.15) is 5.76 Å². The van der Waals surface area contributed by atoms with Gasteiger partial charge in [0.25, 0.3) is 0 Å². The van der Waals surface area contributed by atoms with Crippen molar-refractivity contribution in [3.63, 3.8) is 0 Å². The monoisotopic (exact) mass is 111 g/mol. The van der Waals surface area contributed by atoms with E-state index in [1.165, 1.54) is 0 Å². The van der Waals surface area contributed by atoms with Crippen molar-refractivity contribution in [2.75, 3.05) is 7.05 Å². The first-order chi connectivity index (χ1) is 3.93. The van der Waals surface area contributed by atoms with Crippen LogP contribution < -0.4 is 5.32 Å². The molecule has 0 unspecified atom stereocenters. The second-order valence-corrected chi connectivity index (χ2v) is 1.61. The van der Waals surface area contributed by atoms with Crippen LogP contribution in [-0.4, -0.2) is 7.05 Å². The molecule has 1 rings (SSSR count). The number of furan rings is 1. The Morgan fingerprint density at radius 3 is 3.12 bits per heavy atom. The van der Waals surface area contributed by atoms with E-state index >= 15 is 0 Å². The highest BCUT2D eigenvalue weighted by molar-refractivity contribution is 4.96. The Hall–Kier alpha value is -0.760. The zero-order valence-electron chi connectivity index (χ0n) is 4.85. The highest BCUT2D eigenvalue weighted by Crippen LogP contribution is 1.96. The van der Waals surface area contributed by atoms with E-state index in [1.54, 1.807) is 6.26 Å². The van der Waals surface area contributed by atoms with E-state index in [2.05, 4.69) is 5.32 Å². The topological polar surface area (TPSA) is 25.2 Å². The molecule has 0 radical (unpaired) electrons. The van der Waals surface area contributed by atoms with Crippen molar-refractivity contribution in [1.82, 2.24) is 5.32 Å². The molecule has 44 valence electrons. The second-order valence-electron chi connectivity index (χ2n) is 1.61. The molecule has 2 heteroatoms. The first-order valence-electron chi connectivity index (χ1n) is 2.60. The summed E-state index contributed by atoms with van der Waals surface area (Å²) in [6.07, 6.45) is 1.67. The third kappa shape index (κ3) is 1.10. The summed E-state index contributed by atoms with van der Waals surface area (Å²) in [6.45, 7) is 0.812. The molecular weight excluding hydrogens is 102 g/mol. The molecule has 1 N–H and O–H groups in total. The van der Waals surface area contributed by atoms with E-state index < -0.39 is 0 Å². The summed E-state index contributed by atoms with van der Waals surface area (Å²) in [5.41, 5.74) is 0. The van der Waals surface area contributed by atoms with E-state index in [4.69, 9.17) is 4.42 Å². The molecule has 2 nitrogen and oxygen atoms in total. The maximum atomic E-state index is 5.01. The molecule has 1 aromatic heterocycles. The minimum absolute atomic E-state index is 0.812. The van der Waals surface area contributed by atoms with Crippen molar-refractivity contribution in [2.24, 2.45) is 0 Å².